The van der Waals surface area contributed by atoms with Crippen molar-refractivity contribution >= 4 is 47.6 Å². The predicted octanol–water partition coefficient (Wildman–Crippen LogP) is 0.658. The molecule has 5 rings (SSSR count). The number of cyclic esters (lactones) is 1. The molecule has 12 atom stereocenters. The number of ether oxygens (including phenoxy) is 9. The molecule has 19 nitrogen and oxygen atoms in total. The van der Waals surface area contributed by atoms with Crippen LogP contribution in [0.15, 0.2) is 18.3 Å². The normalized spacial score (nSPS) is 37.2. The van der Waals surface area contributed by atoms with Crippen molar-refractivity contribution in [3.05, 3.63) is 29.6 Å². The fourth-order valence-electron chi connectivity index (χ4n) is 9.22. The van der Waals surface area contributed by atoms with Crippen molar-refractivity contribution in [3.8, 4) is 0 Å². The highest BCUT2D eigenvalue weighted by Gasteiger charge is 2.91. The van der Waals surface area contributed by atoms with Crippen LogP contribution in [0.3, 0.4) is 0 Å². The van der Waals surface area contributed by atoms with Gasteiger partial charge in [-0.1, -0.05) is 0 Å². The molecular formula is C38H47NO18. The molecule has 1 spiro atoms. The summed E-state index contributed by atoms with van der Waals surface area (Å²) < 4.78 is 54.6. The summed E-state index contributed by atoms with van der Waals surface area (Å²) in [6.07, 6.45) is -11.9. The minimum absolute atomic E-state index is 0.0119. The summed E-state index contributed by atoms with van der Waals surface area (Å²) in [6, 6.07) is 2.91. The first-order chi connectivity index (χ1) is 26.5. The molecule has 0 amide bonds. The van der Waals surface area contributed by atoms with E-state index in [2.05, 4.69) is 4.98 Å². The molecule has 4 bridgehead atoms. The Morgan fingerprint density at radius 3 is 1.89 bits per heavy atom. The lowest BCUT2D eigenvalue weighted by Gasteiger charge is -2.68. The van der Waals surface area contributed by atoms with Gasteiger partial charge in [0.05, 0.1) is 17.2 Å². The van der Waals surface area contributed by atoms with Crippen LogP contribution in [0.1, 0.15) is 84.8 Å². The largest absolute Gasteiger partial charge is 0.465 e. The van der Waals surface area contributed by atoms with E-state index in [0.29, 0.717) is 0 Å². The van der Waals surface area contributed by atoms with Gasteiger partial charge in [0.1, 0.15) is 54.2 Å². The van der Waals surface area contributed by atoms with Crippen molar-refractivity contribution in [2.24, 2.45) is 11.3 Å². The number of carbonyl (C=O) groups excluding carboxylic acids is 8. The fourth-order valence-corrected chi connectivity index (χ4v) is 9.22. The number of aromatic nitrogens is 1. The summed E-state index contributed by atoms with van der Waals surface area (Å²) in [6.45, 7) is 8.14. The molecule has 1 aromatic rings. The first-order valence-electron chi connectivity index (χ1n) is 18.2. The van der Waals surface area contributed by atoms with Gasteiger partial charge in [0.15, 0.2) is 29.7 Å². The lowest BCUT2D eigenvalue weighted by atomic mass is 9.45. The van der Waals surface area contributed by atoms with E-state index in [9.17, 15) is 43.5 Å². The number of hydrogen-bond donors (Lipinski definition) is 1. The molecule has 3 heterocycles. The maximum Gasteiger partial charge on any atom is 0.340 e. The standard InChI is InChI=1S/C38H47NO18/c1-17-26(46)13-12-25-24(11-10-14-39-25)34(47)50-15-35(8)27-28(52-19(3)41)32(55-22(6)44)37(16-49-18(2)40)33(56-23(7)45)29(53-20(4)42)31(51-17)36(9,48)38(37,57-35)30(27)54-21(5)43/h10-11,14,17,27-33,48H,12-13,15-16H2,1-9H3/t17-,27+,28+,29-,30+,31-,32+,33-,35-,36+,37+,38-/m0/s1. The van der Waals surface area contributed by atoms with E-state index >= 15 is 0 Å². The van der Waals surface area contributed by atoms with Crippen molar-refractivity contribution in [3.63, 3.8) is 0 Å². The van der Waals surface area contributed by atoms with Gasteiger partial charge in [0.2, 0.25) is 0 Å². The molecule has 0 aromatic carbocycles. The van der Waals surface area contributed by atoms with Crippen LogP contribution in [0.4, 0.5) is 0 Å². The van der Waals surface area contributed by atoms with Crippen molar-refractivity contribution < 1.29 is 86.1 Å². The molecule has 57 heavy (non-hydrogen) atoms. The Bertz CT molecular complexity index is 1840. The number of Topliss-reactive ketones (excluding diaryl/α,β-unsaturated/α-hetero) is 1. The molecule has 1 N–H and O–H groups in total. The van der Waals surface area contributed by atoms with Gasteiger partial charge >= 0.3 is 41.8 Å². The summed E-state index contributed by atoms with van der Waals surface area (Å²) in [4.78, 5) is 110. The second kappa shape index (κ2) is 15.7. The highest BCUT2D eigenvalue weighted by atomic mass is 16.7. The Kier molecular flexibility index (Phi) is 11.9. The average Bonchev–Trinajstić information content (AvgIpc) is 3.32. The number of rotatable bonds is 7. The smallest absolute Gasteiger partial charge is 0.340 e. The van der Waals surface area contributed by atoms with Crippen molar-refractivity contribution in [2.75, 3.05) is 13.2 Å². The van der Waals surface area contributed by atoms with Crippen LogP contribution in [0.5, 0.6) is 0 Å². The summed E-state index contributed by atoms with van der Waals surface area (Å²) in [5, 5.41) is 13.4. The Hall–Kier alpha value is -5.01. The molecule has 19 heteroatoms. The van der Waals surface area contributed by atoms with Gasteiger partial charge in [-0.15, -0.1) is 0 Å². The Morgan fingerprint density at radius 1 is 0.789 bits per heavy atom. The number of aryl methyl sites for hydroxylation is 1. The SMILES string of the molecule is CC(=O)OC[C@]12[C@H](OC(C)=O)[C@H](OC(C)=O)[C@@H]3[C@@H](OC(C)=O)[C@@]14O[C@@]3(C)COC(=O)c1cccnc1CCC(=O)[C@H](C)O[C@@H]([C@H](OC(C)=O)[C@@H]2OC(C)=O)[C@@]4(C)O. The van der Waals surface area contributed by atoms with Gasteiger partial charge in [-0.2, -0.15) is 0 Å². The van der Waals surface area contributed by atoms with Gasteiger partial charge in [0, 0.05) is 54.2 Å². The second-order valence-corrected chi connectivity index (χ2v) is 15.1. The zero-order valence-corrected chi connectivity index (χ0v) is 33.0. The first-order valence-corrected chi connectivity index (χ1v) is 18.2. The van der Waals surface area contributed by atoms with Gasteiger partial charge in [0.25, 0.3) is 0 Å². The van der Waals surface area contributed by atoms with Crippen molar-refractivity contribution in [1.29, 1.82) is 0 Å². The van der Waals surface area contributed by atoms with E-state index < -0.39 is 132 Å². The quantitative estimate of drug-likeness (QED) is 0.293. The minimum Gasteiger partial charge on any atom is -0.465 e. The van der Waals surface area contributed by atoms with E-state index in [0.717, 1.165) is 48.5 Å². The highest BCUT2D eigenvalue weighted by molar-refractivity contribution is 5.91. The summed E-state index contributed by atoms with van der Waals surface area (Å²) in [7, 11) is 0. The molecule has 2 saturated carbocycles. The Labute approximate surface area is 327 Å². The number of ketones is 1. The lowest BCUT2D eigenvalue weighted by molar-refractivity contribution is -0.391. The maximum absolute atomic E-state index is 13.9. The molecule has 0 unspecified atom stereocenters. The third kappa shape index (κ3) is 7.36. The number of hydrogen-bond acceptors (Lipinski definition) is 19. The first kappa shape index (κ1) is 43.1. The summed E-state index contributed by atoms with van der Waals surface area (Å²) in [5.41, 5.74) is -9.83. The topological polar surface area (TPSA) is 253 Å². The van der Waals surface area contributed by atoms with E-state index in [1.807, 2.05) is 0 Å². The Morgan fingerprint density at radius 2 is 1.33 bits per heavy atom. The lowest BCUT2D eigenvalue weighted by Crippen LogP contribution is -2.89. The molecule has 312 valence electrons. The zero-order valence-electron chi connectivity index (χ0n) is 33.0. The third-order valence-electron chi connectivity index (χ3n) is 11.1. The van der Waals surface area contributed by atoms with Crippen LogP contribution in [-0.4, -0.2) is 130 Å². The molecule has 3 fully saturated rings. The number of esters is 7. The van der Waals surface area contributed by atoms with Crippen LogP contribution in [0.2, 0.25) is 0 Å². The van der Waals surface area contributed by atoms with Crippen molar-refractivity contribution in [1.82, 2.24) is 4.98 Å². The summed E-state index contributed by atoms with van der Waals surface area (Å²) >= 11 is 0. The minimum atomic E-state index is -2.73. The van der Waals surface area contributed by atoms with Gasteiger partial charge in [-0.05, 0) is 39.3 Å². The van der Waals surface area contributed by atoms with Crippen LogP contribution in [0.25, 0.3) is 0 Å². The number of carbonyl (C=O) groups is 8. The predicted molar refractivity (Wildman–Crippen MR) is 185 cm³/mol. The van der Waals surface area contributed by atoms with Gasteiger partial charge in [-0.25, -0.2) is 4.79 Å². The maximum atomic E-state index is 13.9. The molecule has 0 radical (unpaired) electrons. The van der Waals surface area contributed by atoms with Gasteiger partial charge < -0.3 is 47.7 Å². The summed E-state index contributed by atoms with van der Waals surface area (Å²) in [5.74, 6) is -9.03. The molecule has 4 aliphatic rings. The third-order valence-corrected chi connectivity index (χ3v) is 11.1. The average molecular weight is 806 g/mol. The molecular weight excluding hydrogens is 758 g/mol. The molecule has 1 aromatic heterocycles. The second-order valence-electron chi connectivity index (χ2n) is 15.1. The Balaban J connectivity index is 1.99. The van der Waals surface area contributed by atoms with Crippen LogP contribution < -0.4 is 0 Å². The molecule has 1 saturated heterocycles. The zero-order chi connectivity index (χ0) is 42.4. The van der Waals surface area contributed by atoms with E-state index in [1.165, 1.54) is 32.2 Å². The van der Waals surface area contributed by atoms with E-state index in [-0.39, 0.29) is 24.1 Å². The fraction of sp³-hybridized carbons (Fsp3) is 0.658. The number of pyridine rings is 1. The van der Waals surface area contributed by atoms with Crippen molar-refractivity contribution in [2.45, 2.75) is 135 Å². The van der Waals surface area contributed by atoms with Crippen LogP contribution in [-0.2, 0) is 82.6 Å². The van der Waals surface area contributed by atoms with Crippen LogP contribution in [0, 0.1) is 11.3 Å². The number of nitrogens with zero attached hydrogens (tertiary/aromatic N) is 1. The molecule has 2 aliphatic carbocycles. The highest BCUT2D eigenvalue weighted by Crippen LogP contribution is 2.70. The van der Waals surface area contributed by atoms with Crippen LogP contribution >= 0.6 is 0 Å². The monoisotopic (exact) mass is 805 g/mol. The van der Waals surface area contributed by atoms with Gasteiger partial charge in [-0.3, -0.25) is 38.5 Å². The number of fused-ring (bicyclic) bond motifs is 5. The van der Waals surface area contributed by atoms with E-state index in [4.69, 9.17) is 42.6 Å². The van der Waals surface area contributed by atoms with E-state index in [1.54, 1.807) is 0 Å². The number of aliphatic hydroxyl groups is 1. The molecule has 2 aliphatic heterocycles.